The van der Waals surface area contributed by atoms with Crippen LogP contribution in [0.4, 0.5) is 0 Å². The van der Waals surface area contributed by atoms with Gasteiger partial charge in [-0.15, -0.1) is 0 Å². The van der Waals surface area contributed by atoms with E-state index < -0.39 is 11.9 Å². The summed E-state index contributed by atoms with van der Waals surface area (Å²) in [5.74, 6) is 0.520. The van der Waals surface area contributed by atoms with Gasteiger partial charge in [0.1, 0.15) is 6.04 Å². The Bertz CT molecular complexity index is 366. The van der Waals surface area contributed by atoms with E-state index in [1.54, 1.807) is 18.2 Å². The fraction of sp³-hybridized carbons (Fsp3) is 0.300. The largest absolute Gasteiger partial charge is 0.493 e. The molecule has 0 spiro atoms. The molecule has 1 atom stereocenters. The molecule has 0 heterocycles. The van der Waals surface area contributed by atoms with Crippen molar-refractivity contribution in [3.63, 3.8) is 0 Å². The molecule has 0 aromatic heterocycles. The van der Waals surface area contributed by atoms with Gasteiger partial charge in [-0.25, -0.2) is 0 Å². The van der Waals surface area contributed by atoms with Crippen LogP contribution >= 0.6 is 0 Å². The van der Waals surface area contributed by atoms with Crippen molar-refractivity contribution in [1.29, 1.82) is 0 Å². The van der Waals surface area contributed by atoms with E-state index >= 15 is 0 Å². The molecule has 0 radical (unpaired) electrons. The standard InChI is InChI=1S/C10H14N2O3/c1-14-7-4-3-6(5-8(7)15-2)9(11)10(12)13/h3-5,9H,11H2,1-2H3,(H2,12,13). The van der Waals surface area contributed by atoms with Gasteiger partial charge in [0.15, 0.2) is 11.5 Å². The van der Waals surface area contributed by atoms with Crippen LogP contribution in [-0.2, 0) is 4.79 Å². The molecule has 0 aliphatic heterocycles. The summed E-state index contributed by atoms with van der Waals surface area (Å²) in [5.41, 5.74) is 11.3. The van der Waals surface area contributed by atoms with E-state index in [0.717, 1.165) is 0 Å². The molecule has 0 saturated carbocycles. The average molecular weight is 210 g/mol. The maximum Gasteiger partial charge on any atom is 0.238 e. The summed E-state index contributed by atoms with van der Waals surface area (Å²) in [6, 6.07) is 4.16. The molecule has 15 heavy (non-hydrogen) atoms. The molecule has 4 N–H and O–H groups in total. The lowest BCUT2D eigenvalue weighted by atomic mass is 10.1. The Morgan fingerprint density at radius 1 is 1.27 bits per heavy atom. The van der Waals surface area contributed by atoms with Crippen LogP contribution in [0.1, 0.15) is 11.6 Å². The van der Waals surface area contributed by atoms with Crippen LogP contribution in [-0.4, -0.2) is 20.1 Å². The lowest BCUT2D eigenvalue weighted by molar-refractivity contribution is -0.119. The zero-order valence-corrected chi connectivity index (χ0v) is 8.69. The predicted octanol–water partition coefficient (Wildman–Crippen LogP) is 0.189. The second-order valence-electron chi connectivity index (χ2n) is 2.99. The van der Waals surface area contributed by atoms with Crippen molar-refractivity contribution < 1.29 is 14.3 Å². The summed E-state index contributed by atoms with van der Waals surface area (Å²) in [4.78, 5) is 10.9. The Labute approximate surface area is 88.0 Å². The second kappa shape index (κ2) is 4.65. The minimum Gasteiger partial charge on any atom is -0.493 e. The molecule has 5 heteroatoms. The SMILES string of the molecule is COc1ccc(C(N)C(N)=O)cc1OC. The summed E-state index contributed by atoms with van der Waals surface area (Å²) >= 11 is 0. The first-order valence-corrected chi connectivity index (χ1v) is 4.37. The number of ether oxygens (including phenoxy) is 2. The van der Waals surface area contributed by atoms with Crippen LogP contribution in [0.2, 0.25) is 0 Å². The van der Waals surface area contributed by atoms with Gasteiger partial charge >= 0.3 is 0 Å². The molecular formula is C10H14N2O3. The maximum absolute atomic E-state index is 10.9. The van der Waals surface area contributed by atoms with Crippen LogP contribution in [0.5, 0.6) is 11.5 Å². The number of methoxy groups -OCH3 is 2. The molecule has 0 saturated heterocycles. The van der Waals surface area contributed by atoms with Gasteiger partial charge in [-0.1, -0.05) is 6.07 Å². The third-order valence-corrected chi connectivity index (χ3v) is 2.07. The molecule has 0 aliphatic rings. The van der Waals surface area contributed by atoms with Crippen molar-refractivity contribution in [2.75, 3.05) is 14.2 Å². The van der Waals surface area contributed by atoms with E-state index in [1.165, 1.54) is 14.2 Å². The fourth-order valence-electron chi connectivity index (χ4n) is 1.21. The lowest BCUT2D eigenvalue weighted by Gasteiger charge is -2.12. The highest BCUT2D eigenvalue weighted by atomic mass is 16.5. The van der Waals surface area contributed by atoms with Gasteiger partial charge in [-0.05, 0) is 17.7 Å². The van der Waals surface area contributed by atoms with Gasteiger partial charge < -0.3 is 20.9 Å². The van der Waals surface area contributed by atoms with Gasteiger partial charge in [0.25, 0.3) is 0 Å². The Morgan fingerprint density at radius 3 is 2.33 bits per heavy atom. The number of hydrogen-bond donors (Lipinski definition) is 2. The van der Waals surface area contributed by atoms with Gasteiger partial charge in [-0.3, -0.25) is 4.79 Å². The van der Waals surface area contributed by atoms with Gasteiger partial charge in [-0.2, -0.15) is 0 Å². The Morgan fingerprint density at radius 2 is 1.87 bits per heavy atom. The van der Waals surface area contributed by atoms with Gasteiger partial charge in [0.2, 0.25) is 5.91 Å². The topological polar surface area (TPSA) is 87.6 Å². The van der Waals surface area contributed by atoms with E-state index in [2.05, 4.69) is 0 Å². The third kappa shape index (κ3) is 2.38. The molecule has 0 fully saturated rings. The van der Waals surface area contributed by atoms with Crippen molar-refractivity contribution >= 4 is 5.91 Å². The van der Waals surface area contributed by atoms with Crippen LogP contribution in [0.25, 0.3) is 0 Å². The molecule has 1 rings (SSSR count). The Hall–Kier alpha value is -1.75. The number of benzene rings is 1. The zero-order chi connectivity index (χ0) is 11.4. The molecule has 0 bridgehead atoms. The maximum atomic E-state index is 10.9. The minimum atomic E-state index is -0.829. The number of carbonyl (C=O) groups is 1. The number of carbonyl (C=O) groups excluding carboxylic acids is 1. The first-order chi connectivity index (χ1) is 7.10. The summed E-state index contributed by atoms with van der Waals surface area (Å²) in [5, 5.41) is 0. The van der Waals surface area contributed by atoms with E-state index in [1.807, 2.05) is 0 Å². The predicted molar refractivity (Wildman–Crippen MR) is 55.7 cm³/mol. The summed E-state index contributed by atoms with van der Waals surface area (Å²) in [6.07, 6.45) is 0. The third-order valence-electron chi connectivity index (χ3n) is 2.07. The highest BCUT2D eigenvalue weighted by molar-refractivity contribution is 5.81. The van der Waals surface area contributed by atoms with Crippen LogP contribution < -0.4 is 20.9 Å². The van der Waals surface area contributed by atoms with E-state index in [4.69, 9.17) is 20.9 Å². The molecule has 1 aromatic carbocycles. The number of nitrogens with two attached hydrogens (primary N) is 2. The lowest BCUT2D eigenvalue weighted by Crippen LogP contribution is -2.28. The molecule has 1 aromatic rings. The van der Waals surface area contributed by atoms with E-state index in [0.29, 0.717) is 17.1 Å². The molecular weight excluding hydrogens is 196 g/mol. The monoisotopic (exact) mass is 210 g/mol. The van der Waals surface area contributed by atoms with Gasteiger partial charge in [0.05, 0.1) is 14.2 Å². The van der Waals surface area contributed by atoms with Crippen LogP contribution in [0.15, 0.2) is 18.2 Å². The first-order valence-electron chi connectivity index (χ1n) is 4.37. The molecule has 5 nitrogen and oxygen atoms in total. The smallest absolute Gasteiger partial charge is 0.238 e. The number of rotatable bonds is 4. The van der Waals surface area contributed by atoms with Crippen molar-refractivity contribution in [3.05, 3.63) is 23.8 Å². The number of amides is 1. The Kier molecular flexibility index (Phi) is 3.51. The molecule has 0 aliphatic carbocycles. The van der Waals surface area contributed by atoms with Crippen LogP contribution in [0, 0.1) is 0 Å². The Balaban J connectivity index is 3.07. The second-order valence-corrected chi connectivity index (χ2v) is 2.99. The molecule has 1 unspecified atom stereocenters. The summed E-state index contributed by atoms with van der Waals surface area (Å²) in [6.45, 7) is 0. The van der Waals surface area contributed by atoms with E-state index in [9.17, 15) is 4.79 Å². The summed E-state index contributed by atoms with van der Waals surface area (Å²) in [7, 11) is 3.04. The van der Waals surface area contributed by atoms with Crippen molar-refractivity contribution in [2.45, 2.75) is 6.04 Å². The molecule has 82 valence electrons. The summed E-state index contributed by atoms with van der Waals surface area (Å²) < 4.78 is 10.1. The van der Waals surface area contributed by atoms with Crippen molar-refractivity contribution in [2.24, 2.45) is 11.5 Å². The zero-order valence-electron chi connectivity index (χ0n) is 8.69. The van der Waals surface area contributed by atoms with Crippen LogP contribution in [0.3, 0.4) is 0 Å². The van der Waals surface area contributed by atoms with Crippen molar-refractivity contribution in [1.82, 2.24) is 0 Å². The van der Waals surface area contributed by atoms with Crippen molar-refractivity contribution in [3.8, 4) is 11.5 Å². The first kappa shape index (κ1) is 11.3. The average Bonchev–Trinajstić information content (AvgIpc) is 2.26. The number of hydrogen-bond acceptors (Lipinski definition) is 4. The minimum absolute atomic E-state index is 0.520. The fourth-order valence-corrected chi connectivity index (χ4v) is 1.21. The number of primary amides is 1. The molecule has 1 amide bonds. The van der Waals surface area contributed by atoms with Gasteiger partial charge in [0, 0.05) is 0 Å². The quantitative estimate of drug-likeness (QED) is 0.742. The van der Waals surface area contributed by atoms with E-state index in [-0.39, 0.29) is 0 Å². The highest BCUT2D eigenvalue weighted by Gasteiger charge is 2.14. The normalized spacial score (nSPS) is 11.9. The highest BCUT2D eigenvalue weighted by Crippen LogP contribution is 2.29.